The van der Waals surface area contributed by atoms with E-state index >= 15 is 0 Å². The van der Waals surface area contributed by atoms with Crippen molar-refractivity contribution in [1.82, 2.24) is 0 Å². The minimum atomic E-state index is -1.04. The zero-order valence-corrected chi connectivity index (χ0v) is 12.7. The second-order valence-corrected chi connectivity index (χ2v) is 5.47. The molecule has 0 aliphatic rings. The van der Waals surface area contributed by atoms with Crippen LogP contribution in [0.4, 0.5) is 0 Å². The molecule has 2 aromatic carbocycles. The molecule has 0 aliphatic carbocycles. The lowest BCUT2D eigenvalue weighted by Gasteiger charge is -2.21. The van der Waals surface area contributed by atoms with E-state index in [-0.39, 0.29) is 0 Å². The fraction of sp³-hybridized carbons (Fsp3) is 0.222. The van der Waals surface area contributed by atoms with Gasteiger partial charge in [-0.2, -0.15) is 5.26 Å². The Labute approximate surface area is 130 Å². The number of ether oxygens (including phenoxy) is 1. The smallest absolute Gasteiger partial charge is 0.325 e. The number of benzene rings is 2. The highest BCUT2D eigenvalue weighted by atomic mass is 16.5. The van der Waals surface area contributed by atoms with E-state index in [0.29, 0.717) is 12.0 Å². The first kappa shape index (κ1) is 15.7. The monoisotopic (exact) mass is 294 g/mol. The Morgan fingerprint density at radius 2 is 1.64 bits per heavy atom. The second-order valence-electron chi connectivity index (χ2n) is 5.47. The molecule has 0 saturated heterocycles. The van der Waals surface area contributed by atoms with E-state index in [2.05, 4.69) is 6.07 Å². The van der Waals surface area contributed by atoms with Gasteiger partial charge in [-0.3, -0.25) is 4.79 Å². The number of methoxy groups -OCH3 is 1. The highest BCUT2D eigenvalue weighted by Crippen LogP contribution is 2.21. The van der Waals surface area contributed by atoms with E-state index < -0.39 is 11.5 Å². The molecule has 1 unspecified atom stereocenters. The van der Waals surface area contributed by atoms with Gasteiger partial charge in [0.05, 0.1) is 18.7 Å². The van der Waals surface area contributed by atoms with Gasteiger partial charge in [0.1, 0.15) is 5.54 Å². The van der Waals surface area contributed by atoms with Crippen molar-refractivity contribution in [3.8, 4) is 17.2 Å². The molecule has 0 aliphatic heterocycles. The van der Waals surface area contributed by atoms with Crippen LogP contribution in [0.25, 0.3) is 11.1 Å². The van der Waals surface area contributed by atoms with E-state index in [1.165, 1.54) is 7.11 Å². The zero-order chi connectivity index (χ0) is 16.2. The number of esters is 1. The maximum absolute atomic E-state index is 11.6. The van der Waals surface area contributed by atoms with Gasteiger partial charge >= 0.3 is 5.97 Å². The lowest BCUT2D eigenvalue weighted by molar-refractivity contribution is -0.146. The van der Waals surface area contributed by atoms with Crippen molar-refractivity contribution >= 4 is 5.97 Å². The minimum Gasteiger partial charge on any atom is -0.468 e. The largest absolute Gasteiger partial charge is 0.468 e. The van der Waals surface area contributed by atoms with Crippen molar-refractivity contribution in [3.63, 3.8) is 0 Å². The molecule has 0 heterocycles. The molecule has 1 atom stereocenters. The minimum absolute atomic E-state index is 0.410. The molecule has 0 amide bonds. The highest BCUT2D eigenvalue weighted by molar-refractivity contribution is 5.80. The van der Waals surface area contributed by atoms with Crippen molar-refractivity contribution in [3.05, 3.63) is 59.7 Å². The van der Waals surface area contributed by atoms with Gasteiger partial charge in [-0.25, -0.2) is 0 Å². The van der Waals surface area contributed by atoms with E-state index in [1.54, 1.807) is 19.1 Å². The summed E-state index contributed by atoms with van der Waals surface area (Å²) in [6.07, 6.45) is 0.410. The fourth-order valence-corrected chi connectivity index (χ4v) is 2.28. The normalized spacial score (nSPS) is 13.0. The van der Waals surface area contributed by atoms with E-state index in [0.717, 1.165) is 16.7 Å². The highest BCUT2D eigenvalue weighted by Gasteiger charge is 2.29. The summed E-state index contributed by atoms with van der Waals surface area (Å²) in [6.45, 7) is 1.66. The third-order valence-corrected chi connectivity index (χ3v) is 3.52. The van der Waals surface area contributed by atoms with E-state index in [1.807, 2.05) is 36.4 Å². The van der Waals surface area contributed by atoms with Crippen LogP contribution in [-0.2, 0) is 16.0 Å². The summed E-state index contributed by atoms with van der Waals surface area (Å²) < 4.78 is 4.71. The van der Waals surface area contributed by atoms with Gasteiger partial charge in [0.15, 0.2) is 0 Å². The predicted octanol–water partition coefficient (Wildman–Crippen LogP) is 2.66. The molecule has 2 rings (SSSR count). The Morgan fingerprint density at radius 3 is 2.09 bits per heavy atom. The average molecular weight is 294 g/mol. The Kier molecular flexibility index (Phi) is 4.59. The molecule has 2 aromatic rings. The number of carbonyl (C=O) groups is 1. The lowest BCUT2D eigenvalue weighted by Crippen LogP contribution is -2.47. The molecular formula is C18H18N2O2. The Hall–Kier alpha value is -2.64. The quantitative estimate of drug-likeness (QED) is 0.879. The standard InChI is InChI=1S/C18H18N2O2/c1-18(20,17(21)22-2)11-13-3-7-15(8-4-13)16-9-5-14(12-19)6-10-16/h3-10H,11,20H2,1-2H3. The summed E-state index contributed by atoms with van der Waals surface area (Å²) >= 11 is 0. The van der Waals surface area contributed by atoms with Gasteiger partial charge in [0.25, 0.3) is 0 Å². The van der Waals surface area contributed by atoms with E-state index in [9.17, 15) is 4.79 Å². The van der Waals surface area contributed by atoms with Crippen molar-refractivity contribution in [1.29, 1.82) is 5.26 Å². The first-order valence-electron chi connectivity index (χ1n) is 6.93. The molecule has 0 radical (unpaired) electrons. The van der Waals surface area contributed by atoms with Crippen LogP contribution in [0.5, 0.6) is 0 Å². The zero-order valence-electron chi connectivity index (χ0n) is 12.7. The number of nitriles is 1. The van der Waals surface area contributed by atoms with Crippen LogP contribution in [-0.4, -0.2) is 18.6 Å². The van der Waals surface area contributed by atoms with Crippen LogP contribution in [0.1, 0.15) is 18.1 Å². The Bertz CT molecular complexity index is 695. The molecule has 4 heteroatoms. The Balaban J connectivity index is 2.16. The first-order chi connectivity index (χ1) is 10.5. The SMILES string of the molecule is COC(=O)C(C)(N)Cc1ccc(-c2ccc(C#N)cc2)cc1. The van der Waals surface area contributed by atoms with Gasteiger partial charge in [0, 0.05) is 6.42 Å². The lowest BCUT2D eigenvalue weighted by atomic mass is 9.93. The number of nitrogens with two attached hydrogens (primary N) is 1. The van der Waals surface area contributed by atoms with Crippen molar-refractivity contribution in [2.45, 2.75) is 18.9 Å². The average Bonchev–Trinajstić information content (AvgIpc) is 2.54. The number of rotatable bonds is 4. The van der Waals surface area contributed by atoms with Crippen molar-refractivity contribution in [2.75, 3.05) is 7.11 Å². The second kappa shape index (κ2) is 6.42. The molecule has 4 nitrogen and oxygen atoms in total. The molecule has 0 bridgehead atoms. The van der Waals surface area contributed by atoms with Gasteiger partial charge < -0.3 is 10.5 Å². The van der Waals surface area contributed by atoms with Gasteiger partial charge in [-0.05, 0) is 35.7 Å². The molecule has 0 fully saturated rings. The van der Waals surface area contributed by atoms with Crippen LogP contribution in [0.15, 0.2) is 48.5 Å². The molecule has 22 heavy (non-hydrogen) atoms. The van der Waals surface area contributed by atoms with Crippen LogP contribution >= 0.6 is 0 Å². The fourth-order valence-electron chi connectivity index (χ4n) is 2.28. The molecular weight excluding hydrogens is 276 g/mol. The molecule has 0 spiro atoms. The van der Waals surface area contributed by atoms with Crippen LogP contribution in [0.3, 0.4) is 0 Å². The van der Waals surface area contributed by atoms with Gasteiger partial charge in [-0.15, -0.1) is 0 Å². The first-order valence-corrected chi connectivity index (χ1v) is 6.93. The number of hydrogen-bond donors (Lipinski definition) is 1. The number of nitrogens with zero attached hydrogens (tertiary/aromatic N) is 1. The summed E-state index contributed by atoms with van der Waals surface area (Å²) in [4.78, 5) is 11.6. The summed E-state index contributed by atoms with van der Waals surface area (Å²) in [7, 11) is 1.33. The maximum Gasteiger partial charge on any atom is 0.325 e. The maximum atomic E-state index is 11.6. The summed E-state index contributed by atoms with van der Waals surface area (Å²) in [5.74, 6) is -0.427. The summed E-state index contributed by atoms with van der Waals surface area (Å²) in [5.41, 5.74) is 8.63. The third kappa shape index (κ3) is 3.51. The van der Waals surface area contributed by atoms with E-state index in [4.69, 9.17) is 15.7 Å². The summed E-state index contributed by atoms with van der Waals surface area (Å²) in [5, 5.41) is 8.81. The number of hydrogen-bond acceptors (Lipinski definition) is 4. The van der Waals surface area contributed by atoms with Crippen LogP contribution in [0, 0.1) is 11.3 Å². The topological polar surface area (TPSA) is 76.1 Å². The van der Waals surface area contributed by atoms with Crippen molar-refractivity contribution in [2.24, 2.45) is 5.73 Å². The van der Waals surface area contributed by atoms with Crippen LogP contribution in [0.2, 0.25) is 0 Å². The Morgan fingerprint density at radius 1 is 1.14 bits per heavy atom. The molecule has 0 aromatic heterocycles. The molecule has 112 valence electrons. The summed E-state index contributed by atoms with van der Waals surface area (Å²) in [6, 6.07) is 17.3. The number of carbonyl (C=O) groups excluding carboxylic acids is 1. The van der Waals surface area contributed by atoms with Crippen LogP contribution < -0.4 is 5.73 Å². The van der Waals surface area contributed by atoms with Gasteiger partial charge in [-0.1, -0.05) is 36.4 Å². The van der Waals surface area contributed by atoms with Crippen molar-refractivity contribution < 1.29 is 9.53 Å². The van der Waals surface area contributed by atoms with Gasteiger partial charge in [0.2, 0.25) is 0 Å². The predicted molar refractivity (Wildman–Crippen MR) is 84.9 cm³/mol. The molecule has 0 saturated carbocycles. The third-order valence-electron chi connectivity index (χ3n) is 3.52. The molecule has 2 N–H and O–H groups in total.